The smallest absolute Gasteiger partial charge is 0.306 e. The number of aryl methyl sites for hydroxylation is 2. The molecule has 7 heteroatoms. The quantitative estimate of drug-likeness (QED) is 0.446. The summed E-state index contributed by atoms with van der Waals surface area (Å²) in [4.78, 5) is 32.7. The van der Waals surface area contributed by atoms with Crippen molar-refractivity contribution < 1.29 is 14.3 Å². The van der Waals surface area contributed by atoms with Gasteiger partial charge >= 0.3 is 5.97 Å². The summed E-state index contributed by atoms with van der Waals surface area (Å²) in [7, 11) is 0. The van der Waals surface area contributed by atoms with E-state index in [0.29, 0.717) is 6.42 Å². The van der Waals surface area contributed by atoms with Crippen LogP contribution in [0.4, 0.5) is 0 Å². The molecule has 0 aromatic carbocycles. The molecule has 0 radical (unpaired) electrons. The van der Waals surface area contributed by atoms with Crippen LogP contribution >= 0.6 is 11.8 Å². The van der Waals surface area contributed by atoms with Crippen LogP contribution in [0.5, 0.6) is 0 Å². The molecule has 144 valence electrons. The SMILES string of the molecule is CSc1nc(C)c(CCC(=O)OCC(=O)NC2CCC(C)CC2)c(C)n1. The average Bonchev–Trinajstić information content (AvgIpc) is 2.61. The fourth-order valence-corrected chi connectivity index (χ4v) is 3.74. The van der Waals surface area contributed by atoms with Gasteiger partial charge in [-0.15, -0.1) is 0 Å². The van der Waals surface area contributed by atoms with Crippen LogP contribution in [0.15, 0.2) is 5.16 Å². The van der Waals surface area contributed by atoms with Crippen molar-refractivity contribution in [3.8, 4) is 0 Å². The Morgan fingerprint density at radius 2 is 1.77 bits per heavy atom. The van der Waals surface area contributed by atoms with Gasteiger partial charge in [-0.3, -0.25) is 9.59 Å². The number of amides is 1. The summed E-state index contributed by atoms with van der Waals surface area (Å²) in [6, 6.07) is 0.217. The van der Waals surface area contributed by atoms with Gasteiger partial charge in [0.25, 0.3) is 5.91 Å². The number of hydrogen-bond donors (Lipinski definition) is 1. The van der Waals surface area contributed by atoms with Gasteiger partial charge in [-0.1, -0.05) is 18.7 Å². The number of carbonyl (C=O) groups excluding carboxylic acids is 2. The third kappa shape index (κ3) is 6.27. The third-order valence-electron chi connectivity index (χ3n) is 4.91. The van der Waals surface area contributed by atoms with E-state index in [4.69, 9.17) is 4.74 Å². The number of thioether (sulfide) groups is 1. The fraction of sp³-hybridized carbons (Fsp3) is 0.684. The van der Waals surface area contributed by atoms with Crippen LogP contribution in [0.1, 0.15) is 56.0 Å². The van der Waals surface area contributed by atoms with Gasteiger partial charge < -0.3 is 10.1 Å². The van der Waals surface area contributed by atoms with Crippen molar-refractivity contribution in [2.45, 2.75) is 70.5 Å². The predicted molar refractivity (Wildman–Crippen MR) is 102 cm³/mol. The lowest BCUT2D eigenvalue weighted by Gasteiger charge is -2.26. The number of rotatable bonds is 7. The normalized spacial score (nSPS) is 19.8. The number of nitrogens with one attached hydrogen (secondary N) is 1. The van der Waals surface area contributed by atoms with E-state index in [2.05, 4.69) is 22.2 Å². The lowest BCUT2D eigenvalue weighted by Crippen LogP contribution is -2.39. The minimum absolute atomic E-state index is 0.204. The molecular formula is C19H29N3O3S. The summed E-state index contributed by atoms with van der Waals surface area (Å²) in [6.07, 6.45) is 6.97. The molecule has 0 bridgehead atoms. The van der Waals surface area contributed by atoms with E-state index >= 15 is 0 Å². The molecule has 1 saturated carbocycles. The Labute approximate surface area is 159 Å². The van der Waals surface area contributed by atoms with E-state index in [9.17, 15) is 9.59 Å². The van der Waals surface area contributed by atoms with Crippen molar-refractivity contribution in [2.24, 2.45) is 5.92 Å². The Bertz CT molecular complexity index is 620. The van der Waals surface area contributed by atoms with E-state index in [1.807, 2.05) is 20.1 Å². The maximum Gasteiger partial charge on any atom is 0.306 e. The lowest BCUT2D eigenvalue weighted by molar-refractivity contribution is -0.148. The molecule has 0 aliphatic heterocycles. The molecule has 26 heavy (non-hydrogen) atoms. The largest absolute Gasteiger partial charge is 0.456 e. The zero-order valence-electron chi connectivity index (χ0n) is 16.1. The lowest BCUT2D eigenvalue weighted by atomic mass is 9.87. The monoisotopic (exact) mass is 379 g/mol. The van der Waals surface area contributed by atoms with Crippen LogP contribution in [-0.2, 0) is 20.7 Å². The Balaban J connectivity index is 1.73. The van der Waals surface area contributed by atoms with Crippen molar-refractivity contribution >= 4 is 23.6 Å². The second kappa shape index (κ2) is 9.90. The molecule has 2 rings (SSSR count). The van der Waals surface area contributed by atoms with Crippen LogP contribution < -0.4 is 5.32 Å². The summed E-state index contributed by atoms with van der Waals surface area (Å²) in [5.74, 6) is 0.157. The molecule has 1 N–H and O–H groups in total. The van der Waals surface area contributed by atoms with Crippen molar-refractivity contribution in [2.75, 3.05) is 12.9 Å². The molecule has 1 heterocycles. The van der Waals surface area contributed by atoms with Crippen LogP contribution in [0.2, 0.25) is 0 Å². The highest BCUT2D eigenvalue weighted by Gasteiger charge is 2.20. The molecule has 1 aromatic heterocycles. The van der Waals surface area contributed by atoms with Gasteiger partial charge in [-0.05, 0) is 63.7 Å². The minimum Gasteiger partial charge on any atom is -0.456 e. The maximum atomic E-state index is 12.0. The maximum absolute atomic E-state index is 12.0. The molecule has 0 spiro atoms. The zero-order valence-corrected chi connectivity index (χ0v) is 16.9. The minimum atomic E-state index is -0.370. The third-order valence-corrected chi connectivity index (χ3v) is 5.45. The molecule has 0 atom stereocenters. The Hall–Kier alpha value is -1.63. The molecule has 1 amide bonds. The highest BCUT2D eigenvalue weighted by Crippen LogP contribution is 2.23. The van der Waals surface area contributed by atoms with E-state index in [-0.39, 0.29) is 30.9 Å². The topological polar surface area (TPSA) is 81.2 Å². The van der Waals surface area contributed by atoms with Gasteiger partial charge in [-0.2, -0.15) is 0 Å². The summed E-state index contributed by atoms with van der Waals surface area (Å²) >= 11 is 1.50. The molecule has 0 saturated heterocycles. The van der Waals surface area contributed by atoms with Gasteiger partial charge in [0.15, 0.2) is 11.8 Å². The Morgan fingerprint density at radius 3 is 2.35 bits per heavy atom. The second-order valence-electron chi connectivity index (χ2n) is 7.04. The standard InChI is InChI=1S/C19H29N3O3S/c1-12-5-7-15(8-6-12)22-17(23)11-25-18(24)10-9-16-13(2)20-19(26-4)21-14(16)3/h12,15H,5-11H2,1-4H3,(H,22,23). The highest BCUT2D eigenvalue weighted by molar-refractivity contribution is 7.98. The van der Waals surface area contributed by atoms with Crippen molar-refractivity contribution in [3.05, 3.63) is 17.0 Å². The Kier molecular flexibility index (Phi) is 7.87. The first kappa shape index (κ1) is 20.7. The van der Waals surface area contributed by atoms with E-state index in [0.717, 1.165) is 53.7 Å². The van der Waals surface area contributed by atoms with Crippen LogP contribution in [0.3, 0.4) is 0 Å². The van der Waals surface area contributed by atoms with Crippen molar-refractivity contribution in [3.63, 3.8) is 0 Å². The molecule has 1 fully saturated rings. The summed E-state index contributed by atoms with van der Waals surface area (Å²) < 4.78 is 5.12. The van der Waals surface area contributed by atoms with Crippen molar-refractivity contribution in [1.82, 2.24) is 15.3 Å². The zero-order chi connectivity index (χ0) is 19.1. The predicted octanol–water partition coefficient (Wildman–Crippen LogP) is 2.99. The molecule has 6 nitrogen and oxygen atoms in total. The molecular weight excluding hydrogens is 350 g/mol. The van der Waals surface area contributed by atoms with Crippen molar-refractivity contribution in [1.29, 1.82) is 0 Å². The first-order chi connectivity index (χ1) is 12.4. The number of aromatic nitrogens is 2. The molecule has 0 unspecified atom stereocenters. The first-order valence-corrected chi connectivity index (χ1v) is 10.4. The average molecular weight is 380 g/mol. The van der Waals surface area contributed by atoms with E-state index in [1.54, 1.807) is 0 Å². The summed E-state index contributed by atoms with van der Waals surface area (Å²) in [5, 5.41) is 3.70. The summed E-state index contributed by atoms with van der Waals surface area (Å²) in [6.45, 7) is 5.88. The fourth-order valence-electron chi connectivity index (χ4n) is 3.28. The van der Waals surface area contributed by atoms with Crippen LogP contribution in [0.25, 0.3) is 0 Å². The van der Waals surface area contributed by atoms with E-state index in [1.165, 1.54) is 11.8 Å². The number of carbonyl (C=O) groups is 2. The number of hydrogen-bond acceptors (Lipinski definition) is 6. The number of nitrogens with zero attached hydrogens (tertiary/aromatic N) is 2. The molecule has 1 aliphatic carbocycles. The molecule has 1 aliphatic rings. The van der Waals surface area contributed by atoms with Crippen LogP contribution in [0, 0.1) is 19.8 Å². The van der Waals surface area contributed by atoms with Gasteiger partial charge in [0.1, 0.15) is 0 Å². The Morgan fingerprint density at radius 1 is 1.15 bits per heavy atom. The van der Waals surface area contributed by atoms with Gasteiger partial charge in [-0.25, -0.2) is 9.97 Å². The van der Waals surface area contributed by atoms with Gasteiger partial charge in [0.2, 0.25) is 0 Å². The number of esters is 1. The second-order valence-corrected chi connectivity index (χ2v) is 7.82. The first-order valence-electron chi connectivity index (χ1n) is 9.22. The summed E-state index contributed by atoms with van der Waals surface area (Å²) in [5.41, 5.74) is 2.75. The van der Waals surface area contributed by atoms with Gasteiger partial charge in [0.05, 0.1) is 0 Å². The highest BCUT2D eigenvalue weighted by atomic mass is 32.2. The van der Waals surface area contributed by atoms with E-state index < -0.39 is 0 Å². The molecule has 1 aromatic rings. The van der Waals surface area contributed by atoms with Gasteiger partial charge in [0, 0.05) is 23.9 Å². The number of ether oxygens (including phenoxy) is 1. The van der Waals surface area contributed by atoms with Crippen LogP contribution in [-0.4, -0.2) is 40.7 Å².